The van der Waals surface area contributed by atoms with Gasteiger partial charge >= 0.3 is 0 Å². The molecule has 2 unspecified atom stereocenters. The lowest BCUT2D eigenvalue weighted by atomic mass is 9.79. The standard InChI is InChI=1S/C16H32O/c1-14-11-9-7-5-6-8-10-12-15(13-14)16(2,3)17-4/h14-15H,5-13H2,1-4H3. The van der Waals surface area contributed by atoms with E-state index in [1.807, 2.05) is 7.11 Å². The first kappa shape index (κ1) is 15.0. The molecule has 1 rings (SSSR count). The Morgan fingerprint density at radius 1 is 0.882 bits per heavy atom. The van der Waals surface area contributed by atoms with Crippen molar-refractivity contribution < 1.29 is 4.74 Å². The smallest absolute Gasteiger partial charge is 0.0650 e. The molecule has 0 heterocycles. The molecule has 1 heteroatoms. The summed E-state index contributed by atoms with van der Waals surface area (Å²) in [4.78, 5) is 0. The van der Waals surface area contributed by atoms with Crippen LogP contribution in [-0.4, -0.2) is 12.7 Å². The third kappa shape index (κ3) is 5.42. The maximum Gasteiger partial charge on any atom is 0.0650 e. The third-order valence-electron chi connectivity index (χ3n) is 4.70. The third-order valence-corrected chi connectivity index (χ3v) is 4.70. The fourth-order valence-corrected chi connectivity index (χ4v) is 3.11. The number of methoxy groups -OCH3 is 1. The van der Waals surface area contributed by atoms with Crippen molar-refractivity contribution >= 4 is 0 Å². The molecule has 0 bridgehead atoms. The van der Waals surface area contributed by atoms with Crippen LogP contribution in [0.3, 0.4) is 0 Å². The highest BCUT2D eigenvalue weighted by Crippen LogP contribution is 2.33. The van der Waals surface area contributed by atoms with Crippen LogP contribution in [0.25, 0.3) is 0 Å². The molecule has 0 spiro atoms. The zero-order valence-electron chi connectivity index (χ0n) is 12.4. The monoisotopic (exact) mass is 240 g/mol. The van der Waals surface area contributed by atoms with Gasteiger partial charge in [0, 0.05) is 7.11 Å². The highest BCUT2D eigenvalue weighted by Gasteiger charge is 2.30. The molecule has 1 fully saturated rings. The van der Waals surface area contributed by atoms with Crippen molar-refractivity contribution in [2.75, 3.05) is 7.11 Å². The Morgan fingerprint density at radius 2 is 1.41 bits per heavy atom. The van der Waals surface area contributed by atoms with Crippen molar-refractivity contribution in [3.05, 3.63) is 0 Å². The predicted molar refractivity (Wildman–Crippen MR) is 75.3 cm³/mol. The van der Waals surface area contributed by atoms with Crippen LogP contribution in [0.15, 0.2) is 0 Å². The zero-order valence-corrected chi connectivity index (χ0v) is 12.4. The second kappa shape index (κ2) is 7.41. The minimum atomic E-state index is 0.0579. The average molecular weight is 240 g/mol. The zero-order chi connectivity index (χ0) is 12.7. The van der Waals surface area contributed by atoms with Gasteiger partial charge in [0.25, 0.3) is 0 Å². The Kier molecular flexibility index (Phi) is 6.54. The maximum atomic E-state index is 5.73. The number of rotatable bonds is 2. The molecule has 0 N–H and O–H groups in total. The summed E-state index contributed by atoms with van der Waals surface area (Å²) in [5.41, 5.74) is 0.0579. The molecule has 0 amide bonds. The summed E-state index contributed by atoms with van der Waals surface area (Å²) in [5.74, 6) is 1.60. The SMILES string of the molecule is COC(C)(C)C1CCCCCCCCC(C)C1. The van der Waals surface area contributed by atoms with Crippen molar-refractivity contribution in [1.82, 2.24) is 0 Å². The highest BCUT2D eigenvalue weighted by atomic mass is 16.5. The average Bonchev–Trinajstić information content (AvgIpc) is 2.34. The first-order valence-corrected chi connectivity index (χ1v) is 7.61. The van der Waals surface area contributed by atoms with E-state index in [1.165, 1.54) is 57.8 Å². The van der Waals surface area contributed by atoms with Crippen LogP contribution in [0.2, 0.25) is 0 Å². The molecular formula is C16H32O. The molecule has 0 saturated heterocycles. The van der Waals surface area contributed by atoms with E-state index in [0.29, 0.717) is 0 Å². The van der Waals surface area contributed by atoms with Crippen molar-refractivity contribution in [1.29, 1.82) is 0 Å². The summed E-state index contributed by atoms with van der Waals surface area (Å²) in [6.45, 7) is 6.96. The maximum absolute atomic E-state index is 5.73. The Hall–Kier alpha value is -0.0400. The van der Waals surface area contributed by atoms with Crippen LogP contribution in [0.5, 0.6) is 0 Å². The fraction of sp³-hybridized carbons (Fsp3) is 1.00. The van der Waals surface area contributed by atoms with E-state index in [9.17, 15) is 0 Å². The van der Waals surface area contributed by atoms with E-state index in [0.717, 1.165) is 11.8 Å². The van der Waals surface area contributed by atoms with Gasteiger partial charge in [-0.3, -0.25) is 0 Å². The van der Waals surface area contributed by atoms with E-state index in [-0.39, 0.29) is 5.60 Å². The quantitative estimate of drug-likeness (QED) is 0.645. The molecule has 1 saturated carbocycles. The molecule has 1 aliphatic carbocycles. The Labute approximate surface area is 108 Å². The van der Waals surface area contributed by atoms with E-state index in [2.05, 4.69) is 20.8 Å². The fourth-order valence-electron chi connectivity index (χ4n) is 3.11. The van der Waals surface area contributed by atoms with Crippen molar-refractivity contribution in [3.8, 4) is 0 Å². The summed E-state index contributed by atoms with van der Waals surface area (Å²) in [7, 11) is 1.87. The predicted octanol–water partition coefficient (Wildman–Crippen LogP) is 5.19. The van der Waals surface area contributed by atoms with Crippen LogP contribution in [0.4, 0.5) is 0 Å². The molecule has 0 aromatic heterocycles. The van der Waals surface area contributed by atoms with Crippen LogP contribution >= 0.6 is 0 Å². The highest BCUT2D eigenvalue weighted by molar-refractivity contribution is 4.81. The van der Waals surface area contributed by atoms with E-state index >= 15 is 0 Å². The van der Waals surface area contributed by atoms with Crippen LogP contribution in [-0.2, 0) is 4.74 Å². The van der Waals surface area contributed by atoms with Gasteiger partial charge in [-0.15, -0.1) is 0 Å². The molecule has 1 aliphatic rings. The number of hydrogen-bond acceptors (Lipinski definition) is 1. The van der Waals surface area contributed by atoms with E-state index in [4.69, 9.17) is 4.74 Å². The number of hydrogen-bond donors (Lipinski definition) is 0. The summed E-state index contributed by atoms with van der Waals surface area (Å²) in [6, 6.07) is 0. The molecular weight excluding hydrogens is 208 g/mol. The van der Waals surface area contributed by atoms with Gasteiger partial charge in [-0.25, -0.2) is 0 Å². The van der Waals surface area contributed by atoms with Gasteiger partial charge in [0.2, 0.25) is 0 Å². The lowest BCUT2D eigenvalue weighted by Gasteiger charge is -2.35. The largest absolute Gasteiger partial charge is 0.379 e. The summed E-state index contributed by atoms with van der Waals surface area (Å²) in [6.07, 6.45) is 12.7. The molecule has 102 valence electrons. The van der Waals surface area contributed by atoms with Gasteiger partial charge in [-0.05, 0) is 38.5 Å². The molecule has 0 aromatic rings. The minimum absolute atomic E-state index is 0.0579. The molecule has 0 aliphatic heterocycles. The molecule has 0 aromatic carbocycles. The molecule has 17 heavy (non-hydrogen) atoms. The normalized spacial score (nSPS) is 29.6. The minimum Gasteiger partial charge on any atom is -0.379 e. The molecule has 0 radical (unpaired) electrons. The van der Waals surface area contributed by atoms with Crippen molar-refractivity contribution in [2.24, 2.45) is 11.8 Å². The lowest BCUT2D eigenvalue weighted by molar-refractivity contribution is -0.0392. The van der Waals surface area contributed by atoms with Gasteiger partial charge in [-0.2, -0.15) is 0 Å². The van der Waals surface area contributed by atoms with Crippen LogP contribution in [0.1, 0.15) is 78.6 Å². The Bertz CT molecular complexity index is 198. The van der Waals surface area contributed by atoms with Gasteiger partial charge < -0.3 is 4.74 Å². The summed E-state index contributed by atoms with van der Waals surface area (Å²) >= 11 is 0. The second-order valence-electron chi connectivity index (χ2n) is 6.54. The summed E-state index contributed by atoms with van der Waals surface area (Å²) in [5, 5.41) is 0. The van der Waals surface area contributed by atoms with Gasteiger partial charge in [0.05, 0.1) is 5.60 Å². The first-order valence-electron chi connectivity index (χ1n) is 7.61. The van der Waals surface area contributed by atoms with E-state index in [1.54, 1.807) is 0 Å². The summed E-state index contributed by atoms with van der Waals surface area (Å²) < 4.78 is 5.73. The van der Waals surface area contributed by atoms with Crippen LogP contribution < -0.4 is 0 Å². The molecule has 2 atom stereocenters. The van der Waals surface area contributed by atoms with Gasteiger partial charge in [0.1, 0.15) is 0 Å². The van der Waals surface area contributed by atoms with Crippen molar-refractivity contribution in [2.45, 2.75) is 84.2 Å². The van der Waals surface area contributed by atoms with Gasteiger partial charge in [0.15, 0.2) is 0 Å². The first-order chi connectivity index (χ1) is 8.06. The Balaban J connectivity index is 2.57. The van der Waals surface area contributed by atoms with Crippen LogP contribution in [0, 0.1) is 11.8 Å². The number of ether oxygens (including phenoxy) is 1. The van der Waals surface area contributed by atoms with E-state index < -0.39 is 0 Å². The Morgan fingerprint density at radius 3 is 2.00 bits per heavy atom. The van der Waals surface area contributed by atoms with Crippen molar-refractivity contribution in [3.63, 3.8) is 0 Å². The molecule has 1 nitrogen and oxygen atoms in total. The topological polar surface area (TPSA) is 9.23 Å². The second-order valence-corrected chi connectivity index (χ2v) is 6.54. The lowest BCUT2D eigenvalue weighted by Crippen LogP contribution is -2.34. The van der Waals surface area contributed by atoms with Gasteiger partial charge in [-0.1, -0.05) is 51.9 Å².